The average Bonchev–Trinajstić information content (AvgIpc) is 2.90. The third-order valence-electron chi connectivity index (χ3n) is 6.04. The van der Waals surface area contributed by atoms with Crippen LogP contribution in [-0.4, -0.2) is 24.0 Å². The van der Waals surface area contributed by atoms with Gasteiger partial charge in [0.15, 0.2) is 0 Å². The molecule has 132 valence electrons. The van der Waals surface area contributed by atoms with E-state index in [0.717, 1.165) is 16.7 Å². The number of carbonyl (C=O) groups excluding carboxylic acids is 2. The van der Waals surface area contributed by atoms with Gasteiger partial charge in [0, 0.05) is 0 Å². The molecule has 2 fully saturated rings. The van der Waals surface area contributed by atoms with E-state index in [2.05, 4.69) is 29.6 Å². The van der Waals surface area contributed by atoms with Crippen LogP contribution in [0.25, 0.3) is 10.8 Å². The lowest BCUT2D eigenvalue weighted by atomic mass is 9.53. The molecule has 0 bridgehead atoms. The Balaban J connectivity index is 1.42. The molecule has 2 amide bonds. The fourth-order valence-electron chi connectivity index (χ4n) is 4.79. The van der Waals surface area contributed by atoms with E-state index in [0.29, 0.717) is 13.2 Å². The van der Waals surface area contributed by atoms with E-state index in [-0.39, 0.29) is 23.7 Å². The number of benzene rings is 2. The molecule has 3 unspecified atom stereocenters. The molecule has 5 nitrogen and oxygen atoms in total. The van der Waals surface area contributed by atoms with Crippen LogP contribution in [0.15, 0.2) is 54.3 Å². The summed E-state index contributed by atoms with van der Waals surface area (Å²) in [7, 11) is 0. The van der Waals surface area contributed by atoms with Gasteiger partial charge >= 0.3 is 0 Å². The van der Waals surface area contributed by atoms with Gasteiger partial charge < -0.3 is 9.47 Å². The minimum absolute atomic E-state index is 0.206. The number of ether oxygens (including phenoxy) is 2. The van der Waals surface area contributed by atoms with Crippen molar-refractivity contribution in [2.24, 2.45) is 17.8 Å². The second kappa shape index (κ2) is 5.42. The van der Waals surface area contributed by atoms with Crippen LogP contribution < -0.4 is 5.32 Å². The van der Waals surface area contributed by atoms with Crippen LogP contribution in [0.5, 0.6) is 0 Å². The normalized spacial score (nSPS) is 32.3. The SMILES string of the molecule is C[C@]12OCC=C(OCc3cccc4ccccc34)C1C1C(=O)NC(=O)C12. The highest BCUT2D eigenvalue weighted by Crippen LogP contribution is 2.58. The molecule has 3 aliphatic rings. The maximum Gasteiger partial charge on any atom is 0.233 e. The molecule has 5 rings (SSSR count). The molecule has 0 radical (unpaired) electrons. The molecule has 2 heterocycles. The summed E-state index contributed by atoms with van der Waals surface area (Å²) in [6, 6.07) is 14.3. The fraction of sp³-hybridized carbons (Fsp3) is 0.333. The highest BCUT2D eigenvalue weighted by molar-refractivity contribution is 6.08. The number of hydrogen-bond acceptors (Lipinski definition) is 4. The molecule has 1 aliphatic carbocycles. The molecule has 0 spiro atoms. The lowest BCUT2D eigenvalue weighted by molar-refractivity contribution is -0.209. The zero-order valence-electron chi connectivity index (χ0n) is 14.4. The van der Waals surface area contributed by atoms with Crippen LogP contribution in [-0.2, 0) is 25.7 Å². The van der Waals surface area contributed by atoms with Crippen LogP contribution in [0.2, 0.25) is 0 Å². The molecule has 2 aromatic rings. The first kappa shape index (κ1) is 15.6. The first-order chi connectivity index (χ1) is 12.6. The molecule has 0 aromatic heterocycles. The number of amides is 2. The molecule has 4 atom stereocenters. The van der Waals surface area contributed by atoms with E-state index in [1.165, 1.54) is 5.39 Å². The van der Waals surface area contributed by atoms with Gasteiger partial charge in [-0.25, -0.2) is 0 Å². The number of imide groups is 1. The minimum atomic E-state index is -0.663. The third-order valence-corrected chi connectivity index (χ3v) is 6.04. The predicted molar refractivity (Wildman–Crippen MR) is 94.8 cm³/mol. The van der Waals surface area contributed by atoms with Crippen molar-refractivity contribution >= 4 is 22.6 Å². The topological polar surface area (TPSA) is 64.6 Å². The number of nitrogens with one attached hydrogen (secondary N) is 1. The van der Waals surface area contributed by atoms with Crippen LogP contribution in [0.1, 0.15) is 12.5 Å². The van der Waals surface area contributed by atoms with Crippen molar-refractivity contribution in [2.75, 3.05) is 6.61 Å². The van der Waals surface area contributed by atoms with Gasteiger partial charge in [-0.15, -0.1) is 0 Å². The summed E-state index contributed by atoms with van der Waals surface area (Å²) in [6.07, 6.45) is 1.89. The molecule has 26 heavy (non-hydrogen) atoms. The molecule has 1 saturated heterocycles. The molecule has 2 aliphatic heterocycles. The summed E-state index contributed by atoms with van der Waals surface area (Å²) in [5, 5.41) is 4.77. The van der Waals surface area contributed by atoms with Crippen LogP contribution in [0.4, 0.5) is 0 Å². The molecular formula is C21H19NO4. The first-order valence-corrected chi connectivity index (χ1v) is 8.88. The van der Waals surface area contributed by atoms with Crippen molar-refractivity contribution in [2.45, 2.75) is 19.1 Å². The van der Waals surface area contributed by atoms with Crippen molar-refractivity contribution in [3.05, 3.63) is 59.9 Å². The Labute approximate surface area is 151 Å². The first-order valence-electron chi connectivity index (χ1n) is 8.88. The largest absolute Gasteiger partial charge is 0.493 e. The Bertz CT molecular complexity index is 960. The third kappa shape index (κ3) is 2.01. The monoisotopic (exact) mass is 349 g/mol. The second-order valence-corrected chi connectivity index (χ2v) is 7.36. The van der Waals surface area contributed by atoms with Gasteiger partial charge in [-0.05, 0) is 29.3 Å². The van der Waals surface area contributed by atoms with E-state index in [4.69, 9.17) is 9.47 Å². The van der Waals surface area contributed by atoms with Crippen molar-refractivity contribution in [1.29, 1.82) is 0 Å². The number of rotatable bonds is 3. The molecule has 1 N–H and O–H groups in total. The summed E-state index contributed by atoms with van der Waals surface area (Å²) >= 11 is 0. The van der Waals surface area contributed by atoms with E-state index < -0.39 is 11.5 Å². The fourth-order valence-corrected chi connectivity index (χ4v) is 4.79. The van der Waals surface area contributed by atoms with Crippen molar-refractivity contribution in [1.82, 2.24) is 5.32 Å². The van der Waals surface area contributed by atoms with Gasteiger partial charge in [0.25, 0.3) is 0 Å². The molecule has 1 saturated carbocycles. The minimum Gasteiger partial charge on any atom is -0.493 e. The number of hydrogen-bond donors (Lipinski definition) is 1. The highest BCUT2D eigenvalue weighted by Gasteiger charge is 2.71. The predicted octanol–water partition coefficient (Wildman–Crippen LogP) is 2.55. The average molecular weight is 349 g/mol. The van der Waals surface area contributed by atoms with Crippen molar-refractivity contribution < 1.29 is 19.1 Å². The van der Waals surface area contributed by atoms with Gasteiger partial charge in [-0.1, -0.05) is 42.5 Å². The Morgan fingerprint density at radius 3 is 2.81 bits per heavy atom. The van der Waals surface area contributed by atoms with Crippen molar-refractivity contribution in [3.63, 3.8) is 0 Å². The van der Waals surface area contributed by atoms with Gasteiger partial charge in [0.1, 0.15) is 12.4 Å². The maximum atomic E-state index is 12.2. The Morgan fingerprint density at radius 2 is 1.92 bits per heavy atom. The zero-order valence-corrected chi connectivity index (χ0v) is 14.4. The van der Waals surface area contributed by atoms with Crippen LogP contribution in [0.3, 0.4) is 0 Å². The smallest absolute Gasteiger partial charge is 0.233 e. The Morgan fingerprint density at radius 1 is 1.12 bits per heavy atom. The molecule has 2 aromatic carbocycles. The Kier molecular flexibility index (Phi) is 3.25. The summed E-state index contributed by atoms with van der Waals surface area (Å²) in [4.78, 5) is 24.2. The summed E-state index contributed by atoms with van der Waals surface area (Å²) in [5.41, 5.74) is 0.434. The van der Waals surface area contributed by atoms with Crippen LogP contribution >= 0.6 is 0 Å². The van der Waals surface area contributed by atoms with Gasteiger partial charge in [0.2, 0.25) is 11.8 Å². The summed E-state index contributed by atoms with van der Waals surface area (Å²) < 4.78 is 12.0. The lowest BCUT2D eigenvalue weighted by Crippen LogP contribution is -2.65. The van der Waals surface area contributed by atoms with E-state index in [1.54, 1.807) is 0 Å². The highest BCUT2D eigenvalue weighted by atomic mass is 16.5. The Hall–Kier alpha value is -2.66. The summed E-state index contributed by atoms with van der Waals surface area (Å²) in [6.45, 7) is 2.72. The maximum absolute atomic E-state index is 12.2. The number of fused-ring (bicyclic) bond motifs is 5. The van der Waals surface area contributed by atoms with E-state index in [9.17, 15) is 9.59 Å². The van der Waals surface area contributed by atoms with Gasteiger partial charge in [0.05, 0.1) is 30.0 Å². The quantitative estimate of drug-likeness (QED) is 0.865. The van der Waals surface area contributed by atoms with Gasteiger partial charge in [-0.3, -0.25) is 14.9 Å². The van der Waals surface area contributed by atoms with E-state index in [1.807, 2.05) is 31.2 Å². The molecule has 5 heteroatoms. The van der Waals surface area contributed by atoms with Crippen LogP contribution in [0, 0.1) is 17.8 Å². The summed E-state index contributed by atoms with van der Waals surface area (Å²) in [5.74, 6) is -0.682. The molecular weight excluding hydrogens is 330 g/mol. The van der Waals surface area contributed by atoms with Crippen molar-refractivity contribution in [3.8, 4) is 0 Å². The zero-order chi connectivity index (χ0) is 17.9. The number of carbonyl (C=O) groups is 2. The standard InChI is InChI=1S/C21H19NO4/c1-21-17(16-18(21)20(24)22-19(16)23)15(9-10-26-21)25-11-13-7-4-6-12-5-2-3-8-14(12)13/h2-9,16-18H,10-11H2,1H3,(H,22,23,24)/t16?,17?,18?,21-/m0/s1. The van der Waals surface area contributed by atoms with E-state index >= 15 is 0 Å². The van der Waals surface area contributed by atoms with Gasteiger partial charge in [-0.2, -0.15) is 0 Å². The lowest BCUT2D eigenvalue weighted by Gasteiger charge is -2.55. The second-order valence-electron chi connectivity index (χ2n) is 7.36.